The lowest BCUT2D eigenvalue weighted by Gasteiger charge is -2.16. The molecular weight excluding hydrogens is 244 g/mol. The van der Waals surface area contributed by atoms with Gasteiger partial charge in [0.1, 0.15) is 11.6 Å². The predicted molar refractivity (Wildman–Crippen MR) is 60.0 cm³/mol. The summed E-state index contributed by atoms with van der Waals surface area (Å²) in [5, 5.41) is 8.47. The summed E-state index contributed by atoms with van der Waals surface area (Å²) in [7, 11) is 1.44. The van der Waals surface area contributed by atoms with Crippen LogP contribution in [0.15, 0.2) is 18.2 Å². The zero-order valence-corrected chi connectivity index (χ0v) is 9.82. The average molecular weight is 257 g/mol. The smallest absolute Gasteiger partial charge is 0.305 e. The predicted octanol–water partition coefficient (Wildman–Crippen LogP) is 1.44. The number of hydrogen-bond donors (Lipinski definition) is 1. The van der Waals surface area contributed by atoms with Gasteiger partial charge in [0.2, 0.25) is 5.91 Å². The van der Waals surface area contributed by atoms with E-state index in [4.69, 9.17) is 5.11 Å². The maximum Gasteiger partial charge on any atom is 0.305 e. The fourth-order valence-electron chi connectivity index (χ4n) is 1.35. The SMILES string of the molecule is CN(CCC(=O)O)C(=O)Cc1ccc(F)cc1F. The molecule has 6 heteroatoms. The highest BCUT2D eigenvalue weighted by Gasteiger charge is 2.13. The molecule has 0 aromatic heterocycles. The zero-order chi connectivity index (χ0) is 13.7. The van der Waals surface area contributed by atoms with E-state index in [2.05, 4.69) is 0 Å². The number of benzene rings is 1. The van der Waals surface area contributed by atoms with Gasteiger partial charge in [0.15, 0.2) is 0 Å². The highest BCUT2D eigenvalue weighted by atomic mass is 19.1. The molecule has 98 valence electrons. The van der Waals surface area contributed by atoms with Gasteiger partial charge in [0.25, 0.3) is 0 Å². The Hall–Kier alpha value is -1.98. The van der Waals surface area contributed by atoms with E-state index in [0.29, 0.717) is 6.07 Å². The summed E-state index contributed by atoms with van der Waals surface area (Å²) < 4.78 is 25.9. The van der Waals surface area contributed by atoms with Gasteiger partial charge in [-0.15, -0.1) is 0 Å². The van der Waals surface area contributed by atoms with E-state index in [1.807, 2.05) is 0 Å². The van der Waals surface area contributed by atoms with Crippen molar-refractivity contribution in [3.8, 4) is 0 Å². The highest BCUT2D eigenvalue weighted by molar-refractivity contribution is 5.79. The van der Waals surface area contributed by atoms with Crippen molar-refractivity contribution < 1.29 is 23.5 Å². The van der Waals surface area contributed by atoms with Gasteiger partial charge in [0, 0.05) is 19.7 Å². The van der Waals surface area contributed by atoms with Crippen LogP contribution in [0.2, 0.25) is 0 Å². The first-order chi connectivity index (χ1) is 8.40. The lowest BCUT2D eigenvalue weighted by Crippen LogP contribution is -2.30. The van der Waals surface area contributed by atoms with Crippen LogP contribution < -0.4 is 0 Å². The van der Waals surface area contributed by atoms with Crippen LogP contribution in [0.25, 0.3) is 0 Å². The van der Waals surface area contributed by atoms with Crippen LogP contribution in [0, 0.1) is 11.6 Å². The lowest BCUT2D eigenvalue weighted by molar-refractivity contribution is -0.138. The first kappa shape index (κ1) is 14.1. The summed E-state index contributed by atoms with van der Waals surface area (Å²) >= 11 is 0. The Morgan fingerprint density at radius 3 is 2.56 bits per heavy atom. The molecule has 18 heavy (non-hydrogen) atoms. The van der Waals surface area contributed by atoms with Gasteiger partial charge in [0.05, 0.1) is 12.8 Å². The highest BCUT2D eigenvalue weighted by Crippen LogP contribution is 2.11. The van der Waals surface area contributed by atoms with Gasteiger partial charge in [-0.25, -0.2) is 8.78 Å². The molecule has 0 heterocycles. The Kier molecular flexibility index (Phi) is 4.76. The van der Waals surface area contributed by atoms with Gasteiger partial charge in [-0.1, -0.05) is 6.07 Å². The molecule has 4 nitrogen and oxygen atoms in total. The quantitative estimate of drug-likeness (QED) is 0.868. The summed E-state index contributed by atoms with van der Waals surface area (Å²) in [5.41, 5.74) is 0.0866. The number of hydrogen-bond acceptors (Lipinski definition) is 2. The van der Waals surface area contributed by atoms with Crippen molar-refractivity contribution in [2.24, 2.45) is 0 Å². The van der Waals surface area contributed by atoms with Gasteiger partial charge in [-0.2, -0.15) is 0 Å². The van der Waals surface area contributed by atoms with Crippen molar-refractivity contribution >= 4 is 11.9 Å². The fraction of sp³-hybridized carbons (Fsp3) is 0.333. The molecular formula is C12H13F2NO3. The zero-order valence-electron chi connectivity index (χ0n) is 9.82. The van der Waals surface area contributed by atoms with Gasteiger partial charge >= 0.3 is 5.97 Å². The second-order valence-electron chi connectivity index (χ2n) is 3.87. The Bertz CT molecular complexity index is 463. The van der Waals surface area contributed by atoms with Crippen molar-refractivity contribution in [3.05, 3.63) is 35.4 Å². The van der Waals surface area contributed by atoms with Crippen molar-refractivity contribution in [1.29, 1.82) is 0 Å². The third-order valence-electron chi connectivity index (χ3n) is 2.44. The summed E-state index contributed by atoms with van der Waals surface area (Å²) in [6, 6.07) is 2.98. The number of halogens is 2. The van der Waals surface area contributed by atoms with E-state index in [0.717, 1.165) is 6.07 Å². The molecule has 0 aliphatic heterocycles. The lowest BCUT2D eigenvalue weighted by atomic mass is 10.1. The van der Waals surface area contributed by atoms with E-state index in [-0.39, 0.29) is 24.9 Å². The Morgan fingerprint density at radius 2 is 2.00 bits per heavy atom. The molecule has 0 bridgehead atoms. The van der Waals surface area contributed by atoms with E-state index in [1.165, 1.54) is 18.0 Å². The molecule has 1 N–H and O–H groups in total. The maximum atomic E-state index is 13.3. The molecule has 0 aliphatic carbocycles. The fourth-order valence-corrected chi connectivity index (χ4v) is 1.35. The number of carbonyl (C=O) groups is 2. The molecule has 0 unspecified atom stereocenters. The third kappa shape index (κ3) is 4.12. The number of carboxylic acid groups (broad SMARTS) is 1. The second kappa shape index (κ2) is 6.09. The molecule has 0 fully saturated rings. The summed E-state index contributed by atoms with van der Waals surface area (Å²) in [5.74, 6) is -2.91. The normalized spacial score (nSPS) is 10.2. The molecule has 1 rings (SSSR count). The number of carboxylic acids is 1. The van der Waals surface area contributed by atoms with Crippen LogP contribution in [0.5, 0.6) is 0 Å². The summed E-state index contributed by atoms with van der Waals surface area (Å²) in [6.07, 6.45) is -0.392. The van der Waals surface area contributed by atoms with Crippen LogP contribution in [0.3, 0.4) is 0 Å². The Labute approximate surface area is 103 Å². The minimum Gasteiger partial charge on any atom is -0.481 e. The number of carbonyl (C=O) groups excluding carboxylic acids is 1. The van der Waals surface area contributed by atoms with Crippen LogP contribution in [0.1, 0.15) is 12.0 Å². The second-order valence-corrected chi connectivity index (χ2v) is 3.87. The summed E-state index contributed by atoms with van der Waals surface area (Å²) in [4.78, 5) is 23.2. The van der Waals surface area contributed by atoms with Gasteiger partial charge < -0.3 is 10.0 Å². The minimum absolute atomic E-state index is 0.0526. The largest absolute Gasteiger partial charge is 0.481 e. The average Bonchev–Trinajstić information content (AvgIpc) is 2.29. The van der Waals surface area contributed by atoms with Gasteiger partial charge in [-0.05, 0) is 11.6 Å². The van der Waals surface area contributed by atoms with Crippen LogP contribution in [-0.4, -0.2) is 35.5 Å². The molecule has 0 radical (unpaired) electrons. The van der Waals surface area contributed by atoms with E-state index >= 15 is 0 Å². The number of amides is 1. The van der Waals surface area contributed by atoms with Crippen LogP contribution in [0.4, 0.5) is 8.78 Å². The molecule has 0 spiro atoms. The third-order valence-corrected chi connectivity index (χ3v) is 2.44. The van der Waals surface area contributed by atoms with Crippen LogP contribution in [-0.2, 0) is 16.0 Å². The minimum atomic E-state index is -1.01. The Morgan fingerprint density at radius 1 is 1.33 bits per heavy atom. The standard InChI is InChI=1S/C12H13F2NO3/c1-15(5-4-12(17)18)11(16)6-8-2-3-9(13)7-10(8)14/h2-3,7H,4-6H2,1H3,(H,17,18). The molecule has 1 aromatic rings. The van der Waals surface area contributed by atoms with Crippen molar-refractivity contribution in [1.82, 2.24) is 4.90 Å². The van der Waals surface area contributed by atoms with Crippen molar-refractivity contribution in [2.75, 3.05) is 13.6 Å². The van der Waals surface area contributed by atoms with Crippen molar-refractivity contribution in [3.63, 3.8) is 0 Å². The molecule has 1 aromatic carbocycles. The van der Waals surface area contributed by atoms with E-state index in [9.17, 15) is 18.4 Å². The first-order valence-corrected chi connectivity index (χ1v) is 5.30. The molecule has 0 saturated heterocycles. The number of likely N-dealkylation sites (N-methyl/N-ethyl adjacent to an activating group) is 1. The Balaban J connectivity index is 2.61. The molecule has 0 aliphatic rings. The van der Waals surface area contributed by atoms with E-state index < -0.39 is 23.5 Å². The maximum absolute atomic E-state index is 13.3. The number of aliphatic carboxylic acids is 1. The monoisotopic (exact) mass is 257 g/mol. The van der Waals surface area contributed by atoms with Gasteiger partial charge in [-0.3, -0.25) is 9.59 Å². The molecule has 1 amide bonds. The molecule has 0 atom stereocenters. The van der Waals surface area contributed by atoms with Crippen LogP contribution >= 0.6 is 0 Å². The van der Waals surface area contributed by atoms with Crippen molar-refractivity contribution in [2.45, 2.75) is 12.8 Å². The molecule has 0 saturated carbocycles. The topological polar surface area (TPSA) is 57.6 Å². The number of rotatable bonds is 5. The first-order valence-electron chi connectivity index (χ1n) is 5.30. The summed E-state index contributed by atoms with van der Waals surface area (Å²) in [6.45, 7) is 0.0526. The van der Waals surface area contributed by atoms with E-state index in [1.54, 1.807) is 0 Å². The number of nitrogens with zero attached hydrogens (tertiary/aromatic N) is 1.